The Hall–Kier alpha value is -16.2. The molecule has 0 spiro atoms. The molecule has 0 amide bonds. The zero-order valence-electron chi connectivity index (χ0n) is 65.1. The minimum atomic E-state index is 0.630. The van der Waals surface area contributed by atoms with E-state index in [1.807, 2.05) is 72.8 Å². The van der Waals surface area contributed by atoms with Gasteiger partial charge in [0, 0.05) is 71.4 Å². The highest BCUT2D eigenvalue weighted by atomic mass is 15.0. The molecule has 0 aliphatic carbocycles. The lowest BCUT2D eigenvalue weighted by atomic mass is 9.94. The van der Waals surface area contributed by atoms with Crippen LogP contribution in [0.1, 0.15) is 0 Å². The smallest absolute Gasteiger partial charge is 0.164 e. The summed E-state index contributed by atoms with van der Waals surface area (Å²) in [5.74, 6) is 3.82. The molecular weight excluding hydrogens is 1460 g/mol. The molecule has 8 nitrogen and oxygen atoms in total. The second kappa shape index (κ2) is 31.6. The molecule has 0 N–H and O–H groups in total. The fourth-order valence-corrected chi connectivity index (χ4v) is 16.4. The first-order valence-electron chi connectivity index (χ1n) is 40.4. The van der Waals surface area contributed by atoms with Crippen LogP contribution in [0.15, 0.2) is 437 Å². The van der Waals surface area contributed by atoms with Crippen LogP contribution in [-0.2, 0) is 0 Å². The van der Waals surface area contributed by atoms with Crippen LogP contribution in [0, 0.1) is 0 Å². The number of nitrogens with zero attached hydrogens (tertiary/aromatic N) is 8. The Kier molecular flexibility index (Phi) is 18.8. The molecule has 0 aliphatic heterocycles. The second-order valence-corrected chi connectivity index (χ2v) is 30.1. The number of rotatable bonds is 14. The van der Waals surface area contributed by atoms with Crippen molar-refractivity contribution in [3.05, 3.63) is 437 Å². The molecular formula is C112H72N8. The van der Waals surface area contributed by atoms with E-state index in [0.29, 0.717) is 34.9 Å². The molecule has 0 bridgehead atoms. The number of aromatic nitrogens is 8. The van der Waals surface area contributed by atoms with E-state index in [0.717, 1.165) is 133 Å². The summed E-state index contributed by atoms with van der Waals surface area (Å²) in [5, 5.41) is 11.8. The Morgan fingerprint density at radius 3 is 0.758 bits per heavy atom. The molecule has 22 rings (SSSR count). The molecule has 0 atom stereocenters. The van der Waals surface area contributed by atoms with Gasteiger partial charge in [-0.25, -0.2) is 39.9 Å². The van der Waals surface area contributed by atoms with Crippen molar-refractivity contribution in [1.29, 1.82) is 0 Å². The minimum absolute atomic E-state index is 0.630. The molecule has 120 heavy (non-hydrogen) atoms. The molecule has 4 heterocycles. The Morgan fingerprint density at radius 1 is 0.117 bits per heavy atom. The van der Waals surface area contributed by atoms with Crippen molar-refractivity contribution >= 4 is 64.9 Å². The molecule has 0 saturated carbocycles. The summed E-state index contributed by atoms with van der Waals surface area (Å²) in [4.78, 5) is 40.6. The van der Waals surface area contributed by atoms with Gasteiger partial charge in [0.2, 0.25) is 0 Å². The van der Waals surface area contributed by atoms with Crippen LogP contribution in [0.3, 0.4) is 0 Å². The molecule has 0 radical (unpaired) electrons. The third-order valence-electron chi connectivity index (χ3n) is 22.6. The quantitative estimate of drug-likeness (QED) is 0.0784. The van der Waals surface area contributed by atoms with E-state index in [-0.39, 0.29) is 0 Å². The van der Waals surface area contributed by atoms with Crippen molar-refractivity contribution in [3.8, 4) is 158 Å². The van der Waals surface area contributed by atoms with Gasteiger partial charge in [-0.05, 0) is 130 Å². The number of benzene rings is 18. The van der Waals surface area contributed by atoms with Gasteiger partial charge in [0.25, 0.3) is 0 Å². The first kappa shape index (κ1) is 71.6. The van der Waals surface area contributed by atoms with Crippen molar-refractivity contribution in [1.82, 2.24) is 39.9 Å². The maximum atomic E-state index is 5.38. The zero-order valence-corrected chi connectivity index (χ0v) is 65.1. The van der Waals surface area contributed by atoms with Crippen LogP contribution in [0.4, 0.5) is 0 Å². The summed E-state index contributed by atoms with van der Waals surface area (Å²) in [6.45, 7) is 0. The van der Waals surface area contributed by atoms with Gasteiger partial charge in [-0.1, -0.05) is 400 Å². The average Bonchev–Trinajstić information content (AvgIpc) is 0.776. The van der Waals surface area contributed by atoms with Crippen LogP contribution in [0.5, 0.6) is 0 Å². The Bertz CT molecular complexity index is 7550. The van der Waals surface area contributed by atoms with Gasteiger partial charge >= 0.3 is 0 Å². The van der Waals surface area contributed by atoms with Crippen LogP contribution >= 0.6 is 0 Å². The molecule has 0 saturated heterocycles. The Morgan fingerprint density at radius 2 is 0.367 bits per heavy atom. The topological polar surface area (TPSA) is 103 Å². The highest BCUT2D eigenvalue weighted by Crippen LogP contribution is 2.41. The minimum Gasteiger partial charge on any atom is -0.247 e. The first-order valence-corrected chi connectivity index (χ1v) is 40.4. The SMILES string of the molecule is c1ccc(-c2ccc(-c3nc(-c4ccccc4)nc(-c4ccc(-c5cccc(-c6cccc(-c7nc8c9ccccc9ccc8c8ccccc78)c6)c5)cc4)n3)cc2)cc1.c1ccc(-c2ccc(-c3nc(-c4ccccc4)nc(-c4ccc(-c5cccc(-c6cccc(-c7nc8cc9ccccc9cc8c8ccccc78)c6)c5)cc4)n3)cc2)cc1. The maximum absolute atomic E-state index is 5.38. The monoisotopic (exact) mass is 1530 g/mol. The van der Waals surface area contributed by atoms with E-state index in [1.54, 1.807) is 0 Å². The van der Waals surface area contributed by atoms with E-state index < -0.39 is 0 Å². The largest absolute Gasteiger partial charge is 0.247 e. The predicted octanol–water partition coefficient (Wildman–Crippen LogP) is 28.8. The van der Waals surface area contributed by atoms with E-state index >= 15 is 0 Å². The van der Waals surface area contributed by atoms with Gasteiger partial charge in [-0.2, -0.15) is 0 Å². The van der Waals surface area contributed by atoms with Crippen molar-refractivity contribution in [2.75, 3.05) is 0 Å². The molecule has 560 valence electrons. The number of hydrogen-bond acceptors (Lipinski definition) is 8. The Balaban J connectivity index is 0.000000148. The van der Waals surface area contributed by atoms with E-state index in [2.05, 4.69) is 364 Å². The molecule has 8 heteroatoms. The van der Waals surface area contributed by atoms with Gasteiger partial charge in [-0.3, -0.25) is 0 Å². The van der Waals surface area contributed by atoms with Gasteiger partial charge < -0.3 is 0 Å². The van der Waals surface area contributed by atoms with Crippen LogP contribution < -0.4 is 0 Å². The fraction of sp³-hybridized carbons (Fsp3) is 0. The van der Waals surface area contributed by atoms with Gasteiger partial charge in [0.15, 0.2) is 34.9 Å². The Labute approximate surface area is 694 Å². The highest BCUT2D eigenvalue weighted by Gasteiger charge is 2.20. The molecule has 4 aromatic heterocycles. The fourth-order valence-electron chi connectivity index (χ4n) is 16.4. The van der Waals surface area contributed by atoms with Gasteiger partial charge in [0.1, 0.15) is 0 Å². The molecule has 18 aromatic carbocycles. The van der Waals surface area contributed by atoms with E-state index in [1.165, 1.54) is 54.2 Å². The number of fused-ring (bicyclic) bond motifs is 9. The van der Waals surface area contributed by atoms with E-state index in [4.69, 9.17) is 39.9 Å². The summed E-state index contributed by atoms with van der Waals surface area (Å²) in [5.41, 5.74) is 25.5. The first-order chi connectivity index (χ1) is 59.4. The number of hydrogen-bond donors (Lipinski definition) is 0. The third-order valence-corrected chi connectivity index (χ3v) is 22.6. The van der Waals surface area contributed by atoms with Gasteiger partial charge in [0.05, 0.1) is 22.4 Å². The van der Waals surface area contributed by atoms with Gasteiger partial charge in [-0.15, -0.1) is 0 Å². The maximum Gasteiger partial charge on any atom is 0.164 e. The van der Waals surface area contributed by atoms with Crippen molar-refractivity contribution in [2.24, 2.45) is 0 Å². The van der Waals surface area contributed by atoms with Crippen molar-refractivity contribution < 1.29 is 0 Å². The second-order valence-electron chi connectivity index (χ2n) is 30.1. The van der Waals surface area contributed by atoms with E-state index in [9.17, 15) is 0 Å². The lowest BCUT2D eigenvalue weighted by Gasteiger charge is -2.13. The zero-order chi connectivity index (χ0) is 79.7. The standard InChI is InChI=1S/2C56H36N4/c1-3-13-37(14-4-1)38-25-29-42(30-26-38)55-58-54(41-16-5-2-6-17-41)59-56(60-55)43-31-27-39(28-32-43)44-18-11-19-45(35-44)46-20-12-21-47(36-46)52-50-24-10-9-23-49(50)51-34-33-40-15-7-8-22-48(40)53(51)57-52;1-3-13-37(14-4-1)38-25-29-41(30-26-38)55-58-54(40-15-5-2-6-16-40)59-56(60-55)42-31-27-39(28-32-42)43-19-11-20-44(33-43)45-21-12-22-48(34-45)53-50-24-10-9-23-49(50)51-35-46-17-7-8-18-47(46)36-52(51)57-53/h2*1-36H. The lowest BCUT2D eigenvalue weighted by Crippen LogP contribution is -2.00. The summed E-state index contributed by atoms with van der Waals surface area (Å²) >= 11 is 0. The predicted molar refractivity (Wildman–Crippen MR) is 496 cm³/mol. The van der Waals surface area contributed by atoms with Crippen molar-refractivity contribution in [2.45, 2.75) is 0 Å². The highest BCUT2D eigenvalue weighted by molar-refractivity contribution is 6.18. The summed E-state index contributed by atoms with van der Waals surface area (Å²) < 4.78 is 0. The summed E-state index contributed by atoms with van der Waals surface area (Å²) in [6, 6.07) is 153. The van der Waals surface area contributed by atoms with Crippen molar-refractivity contribution in [3.63, 3.8) is 0 Å². The number of pyridine rings is 2. The van der Waals surface area contributed by atoms with Crippen LogP contribution in [-0.4, -0.2) is 39.9 Å². The third kappa shape index (κ3) is 14.3. The summed E-state index contributed by atoms with van der Waals surface area (Å²) in [7, 11) is 0. The van der Waals surface area contributed by atoms with Crippen LogP contribution in [0.25, 0.3) is 222 Å². The molecule has 0 aliphatic rings. The summed E-state index contributed by atoms with van der Waals surface area (Å²) in [6.07, 6.45) is 0. The molecule has 22 aromatic rings. The molecule has 0 unspecified atom stereocenters. The van der Waals surface area contributed by atoms with Crippen LogP contribution in [0.2, 0.25) is 0 Å². The molecule has 0 fully saturated rings. The normalized spacial score (nSPS) is 11.3. The lowest BCUT2D eigenvalue weighted by molar-refractivity contribution is 1.07. The average molecular weight is 1530 g/mol.